The van der Waals surface area contributed by atoms with Gasteiger partial charge in [-0.05, 0) is 67.6 Å². The SMILES string of the molecule is C=COC(=O)C1CC2CC1C1C3CCC(C3)C21. The quantitative estimate of drug-likeness (QED) is 0.415. The van der Waals surface area contributed by atoms with Gasteiger partial charge in [0.15, 0.2) is 0 Å². The van der Waals surface area contributed by atoms with Crippen molar-refractivity contribution in [2.24, 2.45) is 41.4 Å². The highest BCUT2D eigenvalue weighted by Crippen LogP contribution is 2.68. The van der Waals surface area contributed by atoms with Crippen LogP contribution in [0.15, 0.2) is 12.8 Å². The standard InChI is InChI=1S/C15H20O2/c1-2-17-15(16)12-7-10-6-11(12)14-9-4-3-8(5-9)13(10)14/h2,8-14H,1,3-7H2. The zero-order chi connectivity index (χ0) is 11.6. The summed E-state index contributed by atoms with van der Waals surface area (Å²) in [7, 11) is 0. The van der Waals surface area contributed by atoms with Gasteiger partial charge in [-0.2, -0.15) is 0 Å². The monoisotopic (exact) mass is 232 g/mol. The van der Waals surface area contributed by atoms with Crippen molar-refractivity contribution in [3.63, 3.8) is 0 Å². The summed E-state index contributed by atoms with van der Waals surface area (Å²) in [5, 5.41) is 0. The maximum Gasteiger partial charge on any atom is 0.314 e. The maximum absolute atomic E-state index is 11.9. The first-order valence-electron chi connectivity index (χ1n) is 7.11. The lowest BCUT2D eigenvalue weighted by Gasteiger charge is -2.37. The second kappa shape index (κ2) is 3.37. The predicted octanol–water partition coefficient (Wildman–Crippen LogP) is 2.99. The summed E-state index contributed by atoms with van der Waals surface area (Å²) in [6, 6.07) is 0. The summed E-state index contributed by atoms with van der Waals surface area (Å²) in [4.78, 5) is 11.9. The highest BCUT2D eigenvalue weighted by atomic mass is 16.5. The molecular weight excluding hydrogens is 212 g/mol. The Balaban J connectivity index is 1.58. The highest BCUT2D eigenvalue weighted by molar-refractivity contribution is 5.74. The fraction of sp³-hybridized carbons (Fsp3) is 0.800. The average molecular weight is 232 g/mol. The molecule has 0 aliphatic heterocycles. The van der Waals surface area contributed by atoms with E-state index in [1.807, 2.05) is 0 Å². The van der Waals surface area contributed by atoms with E-state index < -0.39 is 0 Å². The smallest absolute Gasteiger partial charge is 0.314 e. The molecule has 4 aliphatic carbocycles. The first-order valence-corrected chi connectivity index (χ1v) is 7.11. The third kappa shape index (κ3) is 1.19. The molecule has 4 rings (SSSR count). The Bertz CT molecular complexity index is 375. The maximum atomic E-state index is 11.9. The van der Waals surface area contributed by atoms with Crippen molar-refractivity contribution in [3.05, 3.63) is 12.8 Å². The summed E-state index contributed by atoms with van der Waals surface area (Å²) in [6.07, 6.45) is 8.06. The van der Waals surface area contributed by atoms with E-state index in [0.717, 1.165) is 36.0 Å². The predicted molar refractivity (Wildman–Crippen MR) is 63.8 cm³/mol. The van der Waals surface area contributed by atoms with Crippen molar-refractivity contribution in [2.45, 2.75) is 32.1 Å². The topological polar surface area (TPSA) is 26.3 Å². The lowest BCUT2D eigenvalue weighted by atomic mass is 9.67. The lowest BCUT2D eigenvalue weighted by Crippen LogP contribution is -2.36. The molecular formula is C15H20O2. The van der Waals surface area contributed by atoms with Gasteiger partial charge < -0.3 is 4.74 Å². The van der Waals surface area contributed by atoms with E-state index in [0.29, 0.717) is 5.92 Å². The van der Waals surface area contributed by atoms with Crippen LogP contribution in [0.3, 0.4) is 0 Å². The van der Waals surface area contributed by atoms with Crippen LogP contribution in [-0.2, 0) is 9.53 Å². The van der Waals surface area contributed by atoms with Crippen molar-refractivity contribution in [3.8, 4) is 0 Å². The molecule has 0 aromatic heterocycles. The molecule has 7 unspecified atom stereocenters. The van der Waals surface area contributed by atoms with Gasteiger partial charge in [0.05, 0.1) is 12.2 Å². The van der Waals surface area contributed by atoms with Gasteiger partial charge in [-0.25, -0.2) is 0 Å². The number of rotatable bonds is 2. The van der Waals surface area contributed by atoms with E-state index in [2.05, 4.69) is 6.58 Å². The van der Waals surface area contributed by atoms with Crippen LogP contribution in [0.25, 0.3) is 0 Å². The Morgan fingerprint density at radius 3 is 2.59 bits per heavy atom. The molecule has 7 atom stereocenters. The minimum atomic E-state index is -0.00581. The van der Waals surface area contributed by atoms with Gasteiger partial charge in [0.2, 0.25) is 0 Å². The van der Waals surface area contributed by atoms with E-state index in [9.17, 15) is 4.79 Å². The fourth-order valence-corrected chi connectivity index (χ4v) is 6.01. The van der Waals surface area contributed by atoms with Gasteiger partial charge in [0.1, 0.15) is 0 Å². The molecule has 0 aromatic carbocycles. The molecule has 17 heavy (non-hydrogen) atoms. The van der Waals surface area contributed by atoms with Crippen molar-refractivity contribution in [2.75, 3.05) is 0 Å². The van der Waals surface area contributed by atoms with Crippen molar-refractivity contribution in [1.82, 2.24) is 0 Å². The number of hydrogen-bond acceptors (Lipinski definition) is 2. The molecule has 4 saturated carbocycles. The van der Waals surface area contributed by atoms with Gasteiger partial charge in [-0.3, -0.25) is 4.79 Å². The highest BCUT2D eigenvalue weighted by Gasteiger charge is 2.63. The Morgan fingerprint density at radius 2 is 1.82 bits per heavy atom. The molecule has 0 radical (unpaired) electrons. The molecule has 0 saturated heterocycles. The molecule has 0 aromatic rings. The van der Waals surface area contributed by atoms with E-state index in [1.165, 1.54) is 31.9 Å². The van der Waals surface area contributed by atoms with Gasteiger partial charge >= 0.3 is 5.97 Å². The molecule has 92 valence electrons. The van der Waals surface area contributed by atoms with Gasteiger partial charge in [0, 0.05) is 0 Å². The second-order valence-corrected chi connectivity index (χ2v) is 6.59. The zero-order valence-electron chi connectivity index (χ0n) is 10.2. The van der Waals surface area contributed by atoms with E-state index in [-0.39, 0.29) is 11.9 Å². The Morgan fingerprint density at radius 1 is 1.06 bits per heavy atom. The van der Waals surface area contributed by atoms with Gasteiger partial charge in [-0.15, -0.1) is 0 Å². The van der Waals surface area contributed by atoms with Gasteiger partial charge in [0.25, 0.3) is 0 Å². The summed E-state index contributed by atoms with van der Waals surface area (Å²) < 4.78 is 5.03. The van der Waals surface area contributed by atoms with Crippen LogP contribution in [-0.4, -0.2) is 5.97 Å². The molecule has 0 N–H and O–H groups in total. The lowest BCUT2D eigenvalue weighted by molar-refractivity contribution is -0.146. The Kier molecular flexibility index (Phi) is 2.01. The molecule has 4 bridgehead atoms. The van der Waals surface area contributed by atoms with E-state index >= 15 is 0 Å². The molecule has 0 heterocycles. The fourth-order valence-electron chi connectivity index (χ4n) is 6.01. The molecule has 4 aliphatic rings. The number of carbonyl (C=O) groups is 1. The number of esters is 1. The van der Waals surface area contributed by atoms with E-state index in [1.54, 1.807) is 0 Å². The summed E-state index contributed by atoms with van der Waals surface area (Å²) in [5.41, 5.74) is 0. The molecule has 2 nitrogen and oxygen atoms in total. The van der Waals surface area contributed by atoms with Crippen LogP contribution in [0.5, 0.6) is 0 Å². The van der Waals surface area contributed by atoms with Crippen molar-refractivity contribution >= 4 is 5.97 Å². The van der Waals surface area contributed by atoms with Gasteiger partial charge in [-0.1, -0.05) is 6.58 Å². The van der Waals surface area contributed by atoms with Crippen LogP contribution in [0.1, 0.15) is 32.1 Å². The van der Waals surface area contributed by atoms with E-state index in [4.69, 9.17) is 4.74 Å². The third-order valence-corrected chi connectivity index (χ3v) is 6.24. The van der Waals surface area contributed by atoms with Crippen LogP contribution < -0.4 is 0 Å². The third-order valence-electron chi connectivity index (χ3n) is 6.24. The summed E-state index contributed by atoms with van der Waals surface area (Å²) in [6.45, 7) is 3.50. The minimum absolute atomic E-state index is 0.00581. The number of carbonyl (C=O) groups excluding carboxylic acids is 1. The molecule has 0 amide bonds. The van der Waals surface area contributed by atoms with Crippen molar-refractivity contribution < 1.29 is 9.53 Å². The summed E-state index contributed by atoms with van der Waals surface area (Å²) in [5.74, 6) is 5.47. The largest absolute Gasteiger partial charge is 0.435 e. The molecule has 2 heteroatoms. The first-order chi connectivity index (χ1) is 8.29. The van der Waals surface area contributed by atoms with Crippen LogP contribution in [0.2, 0.25) is 0 Å². The zero-order valence-corrected chi connectivity index (χ0v) is 10.2. The first kappa shape index (κ1) is 10.2. The Labute approximate surface area is 102 Å². The summed E-state index contributed by atoms with van der Waals surface area (Å²) >= 11 is 0. The van der Waals surface area contributed by atoms with Crippen LogP contribution in [0, 0.1) is 41.4 Å². The molecule has 4 fully saturated rings. The number of hydrogen-bond donors (Lipinski definition) is 0. The number of ether oxygens (including phenoxy) is 1. The number of fused-ring (bicyclic) bond motifs is 9. The molecule has 0 spiro atoms. The van der Waals surface area contributed by atoms with Crippen LogP contribution in [0.4, 0.5) is 0 Å². The minimum Gasteiger partial charge on any atom is -0.435 e. The second-order valence-electron chi connectivity index (χ2n) is 6.59. The van der Waals surface area contributed by atoms with Crippen molar-refractivity contribution in [1.29, 1.82) is 0 Å². The Hall–Kier alpha value is -0.790. The van der Waals surface area contributed by atoms with Crippen LogP contribution >= 0.6 is 0 Å². The normalized spacial score (nSPS) is 53.8. The average Bonchev–Trinajstić information content (AvgIpc) is 3.07.